The second-order valence-electron chi connectivity index (χ2n) is 9.34. The Morgan fingerprint density at radius 3 is 2.57 bits per heavy atom. The molecule has 0 aromatic heterocycles. The van der Waals surface area contributed by atoms with Crippen LogP contribution in [0.3, 0.4) is 0 Å². The molecule has 0 spiro atoms. The molecule has 2 atom stereocenters. The number of nitrogens with zero attached hydrogens (tertiary/aromatic N) is 3. The molecule has 30 heavy (non-hydrogen) atoms. The molecule has 6 nitrogen and oxygen atoms in total. The molecule has 3 aliphatic rings. The van der Waals surface area contributed by atoms with Crippen LogP contribution in [-0.2, 0) is 14.3 Å². The fourth-order valence-electron chi connectivity index (χ4n) is 5.20. The normalized spacial score (nSPS) is 27.5. The standard InChI is InChI=1S/C23H32ClN3O3/c1-23(16-26-10-12-30-13-11-26)6-8-27(9-7-23)22(29)19-15-20(28)25(2)21(19)17-4-3-5-18(24)14-17/h3-5,14,19,21H,6-13,15-16H2,1-2H3/t19-,21-/m1/s1. The van der Waals surface area contributed by atoms with Gasteiger partial charge in [0.15, 0.2) is 0 Å². The maximum atomic E-state index is 13.4. The quantitative estimate of drug-likeness (QED) is 0.732. The first kappa shape index (κ1) is 21.6. The lowest BCUT2D eigenvalue weighted by Gasteiger charge is -2.43. The van der Waals surface area contributed by atoms with Gasteiger partial charge in [0, 0.05) is 51.2 Å². The number of rotatable bonds is 4. The number of morpholine rings is 1. The summed E-state index contributed by atoms with van der Waals surface area (Å²) >= 11 is 6.18. The van der Waals surface area contributed by atoms with Crippen LogP contribution in [0.2, 0.25) is 5.02 Å². The van der Waals surface area contributed by atoms with Gasteiger partial charge in [0.1, 0.15) is 0 Å². The van der Waals surface area contributed by atoms with Crippen molar-refractivity contribution in [3.63, 3.8) is 0 Å². The van der Waals surface area contributed by atoms with Crippen LogP contribution in [0.5, 0.6) is 0 Å². The van der Waals surface area contributed by atoms with Crippen molar-refractivity contribution in [3.8, 4) is 0 Å². The van der Waals surface area contributed by atoms with Crippen molar-refractivity contribution < 1.29 is 14.3 Å². The molecule has 164 valence electrons. The second kappa shape index (κ2) is 8.85. The van der Waals surface area contributed by atoms with Gasteiger partial charge < -0.3 is 14.5 Å². The van der Waals surface area contributed by atoms with Crippen LogP contribution in [-0.4, -0.2) is 79.5 Å². The number of carbonyl (C=O) groups excluding carboxylic acids is 2. The molecule has 0 unspecified atom stereocenters. The number of benzene rings is 1. The van der Waals surface area contributed by atoms with Gasteiger partial charge >= 0.3 is 0 Å². The monoisotopic (exact) mass is 433 g/mol. The highest BCUT2D eigenvalue weighted by atomic mass is 35.5. The molecule has 1 aromatic carbocycles. The number of carbonyl (C=O) groups is 2. The van der Waals surface area contributed by atoms with Gasteiger partial charge in [-0.2, -0.15) is 0 Å². The van der Waals surface area contributed by atoms with Gasteiger partial charge in [0.25, 0.3) is 0 Å². The molecule has 3 heterocycles. The number of hydrogen-bond donors (Lipinski definition) is 0. The zero-order valence-corrected chi connectivity index (χ0v) is 18.7. The summed E-state index contributed by atoms with van der Waals surface area (Å²) in [6, 6.07) is 7.29. The Morgan fingerprint density at radius 1 is 1.20 bits per heavy atom. The number of halogens is 1. The molecule has 0 radical (unpaired) electrons. The first-order chi connectivity index (χ1) is 14.4. The zero-order valence-electron chi connectivity index (χ0n) is 18.0. The van der Waals surface area contributed by atoms with Crippen LogP contribution in [0.25, 0.3) is 0 Å². The Kier molecular flexibility index (Phi) is 6.37. The molecule has 1 aromatic rings. The highest BCUT2D eigenvalue weighted by Crippen LogP contribution is 2.40. The van der Waals surface area contributed by atoms with Gasteiger partial charge in [-0.1, -0.05) is 30.7 Å². The second-order valence-corrected chi connectivity index (χ2v) is 9.78. The first-order valence-corrected chi connectivity index (χ1v) is 11.3. The average Bonchev–Trinajstić information content (AvgIpc) is 3.03. The molecular weight excluding hydrogens is 402 g/mol. The minimum atomic E-state index is -0.343. The maximum absolute atomic E-state index is 13.4. The highest BCUT2D eigenvalue weighted by Gasteiger charge is 2.45. The van der Waals surface area contributed by atoms with Gasteiger partial charge in [-0.3, -0.25) is 14.5 Å². The number of likely N-dealkylation sites (tertiary alicyclic amines) is 2. The lowest BCUT2D eigenvalue weighted by Crippen LogP contribution is -2.50. The van der Waals surface area contributed by atoms with Crippen molar-refractivity contribution in [1.82, 2.24) is 14.7 Å². The van der Waals surface area contributed by atoms with Crippen LogP contribution in [0.15, 0.2) is 24.3 Å². The predicted molar refractivity (Wildman–Crippen MR) is 116 cm³/mol. The first-order valence-electron chi connectivity index (χ1n) is 11.0. The zero-order chi connectivity index (χ0) is 21.3. The molecule has 0 aliphatic carbocycles. The van der Waals surface area contributed by atoms with E-state index in [4.69, 9.17) is 16.3 Å². The molecule has 4 rings (SSSR count). The summed E-state index contributed by atoms with van der Waals surface area (Å²) in [6.45, 7) is 8.54. The van der Waals surface area contributed by atoms with Crippen LogP contribution < -0.4 is 0 Å². The highest BCUT2D eigenvalue weighted by molar-refractivity contribution is 6.30. The Hall–Kier alpha value is -1.63. The lowest BCUT2D eigenvalue weighted by atomic mass is 9.79. The maximum Gasteiger partial charge on any atom is 0.228 e. The van der Waals surface area contributed by atoms with E-state index in [9.17, 15) is 9.59 Å². The Labute approximate surface area is 184 Å². The van der Waals surface area contributed by atoms with E-state index >= 15 is 0 Å². The van der Waals surface area contributed by atoms with Crippen molar-refractivity contribution >= 4 is 23.4 Å². The van der Waals surface area contributed by atoms with Crippen LogP contribution in [0, 0.1) is 11.3 Å². The third-order valence-corrected chi connectivity index (χ3v) is 7.32. The summed E-state index contributed by atoms with van der Waals surface area (Å²) in [5, 5.41) is 0.628. The largest absolute Gasteiger partial charge is 0.379 e. The summed E-state index contributed by atoms with van der Waals surface area (Å²) in [5.41, 5.74) is 1.16. The van der Waals surface area contributed by atoms with E-state index < -0.39 is 0 Å². The van der Waals surface area contributed by atoms with E-state index in [0.717, 1.165) is 64.3 Å². The summed E-state index contributed by atoms with van der Waals surface area (Å²) < 4.78 is 5.46. The Balaban J connectivity index is 1.42. The van der Waals surface area contributed by atoms with Gasteiger partial charge in [-0.15, -0.1) is 0 Å². The van der Waals surface area contributed by atoms with Crippen molar-refractivity contribution in [2.45, 2.75) is 32.2 Å². The van der Waals surface area contributed by atoms with E-state index in [1.54, 1.807) is 11.9 Å². The molecule has 0 saturated carbocycles. The van der Waals surface area contributed by atoms with E-state index in [-0.39, 0.29) is 35.6 Å². The number of ether oxygens (including phenoxy) is 1. The lowest BCUT2D eigenvalue weighted by molar-refractivity contribution is -0.139. The minimum absolute atomic E-state index is 0.0208. The predicted octanol–water partition coefficient (Wildman–Crippen LogP) is 2.82. The SMILES string of the molecule is CN1C(=O)C[C@@H](C(=O)N2CCC(C)(CN3CCOCC3)CC2)[C@H]1c1cccc(Cl)c1. The molecule has 0 bridgehead atoms. The molecule has 3 aliphatic heterocycles. The summed E-state index contributed by atoms with van der Waals surface area (Å²) in [5.74, 6) is -0.219. The smallest absolute Gasteiger partial charge is 0.228 e. The van der Waals surface area contributed by atoms with Gasteiger partial charge in [-0.05, 0) is 36.0 Å². The summed E-state index contributed by atoms with van der Waals surface area (Å²) in [4.78, 5) is 32.1. The summed E-state index contributed by atoms with van der Waals surface area (Å²) in [7, 11) is 1.79. The van der Waals surface area contributed by atoms with Crippen LogP contribution in [0.1, 0.15) is 37.8 Å². The number of amides is 2. The van der Waals surface area contributed by atoms with Gasteiger partial charge in [-0.25, -0.2) is 0 Å². The molecule has 3 fully saturated rings. The molecule has 0 N–H and O–H groups in total. The van der Waals surface area contributed by atoms with E-state index in [0.29, 0.717) is 5.02 Å². The minimum Gasteiger partial charge on any atom is -0.379 e. The Bertz CT molecular complexity index is 788. The van der Waals surface area contributed by atoms with Crippen molar-refractivity contribution in [2.75, 3.05) is 53.0 Å². The van der Waals surface area contributed by atoms with Gasteiger partial charge in [0.2, 0.25) is 11.8 Å². The molecule has 2 amide bonds. The van der Waals surface area contributed by atoms with Gasteiger partial charge in [0.05, 0.1) is 25.2 Å². The Morgan fingerprint density at radius 2 is 1.90 bits per heavy atom. The molecule has 3 saturated heterocycles. The topological polar surface area (TPSA) is 53.1 Å². The van der Waals surface area contributed by atoms with E-state index in [1.165, 1.54) is 0 Å². The fourth-order valence-corrected chi connectivity index (χ4v) is 5.40. The molecule has 7 heteroatoms. The summed E-state index contributed by atoms with van der Waals surface area (Å²) in [6.07, 6.45) is 2.26. The molecular formula is C23H32ClN3O3. The third kappa shape index (κ3) is 4.51. The average molecular weight is 434 g/mol. The van der Waals surface area contributed by atoms with Crippen molar-refractivity contribution in [1.29, 1.82) is 0 Å². The fraction of sp³-hybridized carbons (Fsp3) is 0.652. The van der Waals surface area contributed by atoms with Crippen LogP contribution >= 0.6 is 11.6 Å². The van der Waals surface area contributed by atoms with Crippen LogP contribution in [0.4, 0.5) is 0 Å². The van der Waals surface area contributed by atoms with E-state index in [2.05, 4.69) is 11.8 Å². The number of piperidine rings is 1. The van der Waals surface area contributed by atoms with E-state index in [1.807, 2.05) is 29.2 Å². The third-order valence-electron chi connectivity index (χ3n) is 7.08. The number of hydrogen-bond acceptors (Lipinski definition) is 4. The van der Waals surface area contributed by atoms with Crippen molar-refractivity contribution in [2.24, 2.45) is 11.3 Å². The van der Waals surface area contributed by atoms with Crippen molar-refractivity contribution in [3.05, 3.63) is 34.9 Å².